The maximum atomic E-state index is 14.0. The van der Waals surface area contributed by atoms with Gasteiger partial charge in [0.25, 0.3) is 0 Å². The molecule has 1 fully saturated rings. The fraction of sp³-hybridized carbons (Fsp3) is 0.294. The van der Waals surface area contributed by atoms with Crippen molar-refractivity contribution in [1.82, 2.24) is 5.32 Å². The monoisotopic (exact) mass is 304 g/mol. The number of halogens is 2. The van der Waals surface area contributed by atoms with Crippen LogP contribution in [0.3, 0.4) is 0 Å². The zero-order valence-electron chi connectivity index (χ0n) is 11.9. The largest absolute Gasteiger partial charge is 0.342 e. The molecule has 1 N–H and O–H groups in total. The van der Waals surface area contributed by atoms with Gasteiger partial charge in [0, 0.05) is 30.3 Å². The van der Waals surface area contributed by atoms with Crippen LogP contribution in [0.25, 0.3) is 0 Å². The predicted octanol–water partition coefficient (Wildman–Crippen LogP) is 4.50. The van der Waals surface area contributed by atoms with E-state index in [1.165, 1.54) is 18.9 Å². The topological polar surface area (TPSA) is 15.3 Å². The van der Waals surface area contributed by atoms with Crippen LogP contribution >= 0.6 is 11.6 Å². The molecule has 0 radical (unpaired) electrons. The molecule has 3 rings (SSSR count). The normalized spacial score (nSPS) is 14.2. The van der Waals surface area contributed by atoms with Crippen molar-refractivity contribution in [3.63, 3.8) is 0 Å². The average molecular weight is 305 g/mol. The van der Waals surface area contributed by atoms with Crippen LogP contribution in [0.2, 0.25) is 5.02 Å². The minimum atomic E-state index is -0.235. The molecule has 0 atom stereocenters. The minimum absolute atomic E-state index is 0.235. The minimum Gasteiger partial charge on any atom is -0.342 e. The fourth-order valence-corrected chi connectivity index (χ4v) is 2.56. The first-order chi connectivity index (χ1) is 10.1. The summed E-state index contributed by atoms with van der Waals surface area (Å²) in [6.07, 6.45) is 2.48. The molecule has 2 aromatic carbocycles. The predicted molar refractivity (Wildman–Crippen MR) is 85.8 cm³/mol. The van der Waals surface area contributed by atoms with E-state index in [-0.39, 0.29) is 5.82 Å². The molecule has 0 aromatic heterocycles. The Kier molecular flexibility index (Phi) is 4.13. The SMILES string of the molecule is CN(c1ccccc1F)c1cc(Cl)ccc1CNC1CC1. The Morgan fingerprint density at radius 2 is 1.95 bits per heavy atom. The first-order valence-corrected chi connectivity index (χ1v) is 7.53. The molecular weight excluding hydrogens is 287 g/mol. The lowest BCUT2D eigenvalue weighted by Crippen LogP contribution is -2.19. The lowest BCUT2D eigenvalue weighted by atomic mass is 10.1. The third-order valence-corrected chi connectivity index (χ3v) is 4.02. The van der Waals surface area contributed by atoms with E-state index in [1.807, 2.05) is 36.2 Å². The quantitative estimate of drug-likeness (QED) is 0.875. The summed E-state index contributed by atoms with van der Waals surface area (Å²) >= 11 is 6.12. The Balaban J connectivity index is 1.91. The van der Waals surface area contributed by atoms with Gasteiger partial charge in [-0.25, -0.2) is 4.39 Å². The van der Waals surface area contributed by atoms with Crippen LogP contribution in [0.15, 0.2) is 42.5 Å². The highest BCUT2D eigenvalue weighted by molar-refractivity contribution is 6.30. The van der Waals surface area contributed by atoms with E-state index < -0.39 is 0 Å². The lowest BCUT2D eigenvalue weighted by molar-refractivity contribution is 0.627. The van der Waals surface area contributed by atoms with Crippen molar-refractivity contribution in [2.45, 2.75) is 25.4 Å². The smallest absolute Gasteiger partial charge is 0.146 e. The molecule has 0 spiro atoms. The first-order valence-electron chi connectivity index (χ1n) is 7.15. The van der Waals surface area contributed by atoms with Crippen LogP contribution in [-0.2, 0) is 6.54 Å². The summed E-state index contributed by atoms with van der Waals surface area (Å²) in [5, 5.41) is 4.15. The van der Waals surface area contributed by atoms with Crippen molar-refractivity contribution >= 4 is 23.0 Å². The second-order valence-electron chi connectivity index (χ2n) is 5.44. The van der Waals surface area contributed by atoms with Gasteiger partial charge in [0.15, 0.2) is 0 Å². The van der Waals surface area contributed by atoms with Crippen molar-refractivity contribution in [2.24, 2.45) is 0 Å². The molecule has 0 aliphatic heterocycles. The summed E-state index contributed by atoms with van der Waals surface area (Å²) < 4.78 is 14.0. The van der Waals surface area contributed by atoms with Gasteiger partial charge >= 0.3 is 0 Å². The van der Waals surface area contributed by atoms with Crippen molar-refractivity contribution in [3.05, 3.63) is 58.9 Å². The van der Waals surface area contributed by atoms with Crippen molar-refractivity contribution in [3.8, 4) is 0 Å². The van der Waals surface area contributed by atoms with Crippen LogP contribution in [-0.4, -0.2) is 13.1 Å². The second-order valence-corrected chi connectivity index (χ2v) is 5.88. The van der Waals surface area contributed by atoms with Crippen LogP contribution in [0.4, 0.5) is 15.8 Å². The van der Waals surface area contributed by atoms with E-state index in [0.29, 0.717) is 16.8 Å². The van der Waals surface area contributed by atoms with Crippen molar-refractivity contribution < 1.29 is 4.39 Å². The summed E-state index contributed by atoms with van der Waals surface area (Å²) in [7, 11) is 1.87. The Labute approximate surface area is 129 Å². The molecule has 21 heavy (non-hydrogen) atoms. The number of hydrogen-bond acceptors (Lipinski definition) is 2. The maximum Gasteiger partial charge on any atom is 0.146 e. The summed E-state index contributed by atoms with van der Waals surface area (Å²) in [5.41, 5.74) is 2.60. The van der Waals surface area contributed by atoms with Gasteiger partial charge in [-0.15, -0.1) is 0 Å². The molecule has 1 aliphatic carbocycles. The Hall–Kier alpha value is -1.58. The Morgan fingerprint density at radius 1 is 1.19 bits per heavy atom. The van der Waals surface area contributed by atoms with Crippen molar-refractivity contribution in [2.75, 3.05) is 11.9 Å². The number of nitrogens with one attached hydrogen (secondary N) is 1. The van der Waals surface area contributed by atoms with E-state index in [1.54, 1.807) is 12.1 Å². The molecule has 2 aromatic rings. The van der Waals surface area contributed by atoms with Crippen LogP contribution < -0.4 is 10.2 Å². The van der Waals surface area contributed by atoms with Crippen molar-refractivity contribution in [1.29, 1.82) is 0 Å². The third kappa shape index (κ3) is 3.36. The van der Waals surface area contributed by atoms with Gasteiger partial charge in [-0.1, -0.05) is 29.8 Å². The van der Waals surface area contributed by atoms with E-state index in [4.69, 9.17) is 11.6 Å². The molecule has 0 bridgehead atoms. The standard InChI is InChI=1S/C17H18ClFN2/c1-21(16-5-3-2-4-15(16)19)17-10-13(18)7-6-12(17)11-20-14-8-9-14/h2-7,10,14,20H,8-9,11H2,1H3. The molecule has 110 valence electrons. The van der Waals surface area contributed by atoms with Crippen LogP contribution in [0.5, 0.6) is 0 Å². The van der Waals surface area contributed by atoms with Gasteiger partial charge in [-0.05, 0) is 42.7 Å². The molecule has 1 saturated carbocycles. The van der Waals surface area contributed by atoms with Gasteiger partial charge < -0.3 is 10.2 Å². The lowest BCUT2D eigenvalue weighted by Gasteiger charge is -2.23. The molecule has 0 saturated heterocycles. The molecule has 4 heteroatoms. The maximum absolute atomic E-state index is 14.0. The average Bonchev–Trinajstić information content (AvgIpc) is 3.30. The Bertz CT molecular complexity index is 640. The summed E-state index contributed by atoms with van der Waals surface area (Å²) in [6.45, 7) is 0.774. The van der Waals surface area contributed by atoms with Crippen LogP contribution in [0.1, 0.15) is 18.4 Å². The fourth-order valence-electron chi connectivity index (χ4n) is 2.39. The van der Waals surface area contributed by atoms with Gasteiger partial charge in [-0.2, -0.15) is 0 Å². The van der Waals surface area contributed by atoms with E-state index in [9.17, 15) is 4.39 Å². The molecule has 0 heterocycles. The number of para-hydroxylation sites is 1. The van der Waals surface area contributed by atoms with Crippen LogP contribution in [0, 0.1) is 5.82 Å². The summed E-state index contributed by atoms with van der Waals surface area (Å²) in [5.74, 6) is -0.235. The molecule has 2 nitrogen and oxygen atoms in total. The summed E-state index contributed by atoms with van der Waals surface area (Å²) in [4.78, 5) is 1.85. The molecule has 0 amide bonds. The zero-order valence-corrected chi connectivity index (χ0v) is 12.7. The number of nitrogens with zero attached hydrogens (tertiary/aromatic N) is 1. The van der Waals surface area contributed by atoms with Gasteiger partial charge in [-0.3, -0.25) is 0 Å². The highest BCUT2D eigenvalue weighted by Gasteiger charge is 2.21. The number of anilines is 2. The Morgan fingerprint density at radius 3 is 2.67 bits per heavy atom. The highest BCUT2D eigenvalue weighted by Crippen LogP contribution is 2.31. The van der Waals surface area contributed by atoms with E-state index in [0.717, 1.165) is 17.8 Å². The highest BCUT2D eigenvalue weighted by atomic mass is 35.5. The number of benzene rings is 2. The first kappa shape index (κ1) is 14.4. The summed E-state index contributed by atoms with van der Waals surface area (Å²) in [6, 6.07) is 13.2. The second kappa shape index (κ2) is 6.04. The van der Waals surface area contributed by atoms with E-state index >= 15 is 0 Å². The number of hydrogen-bond donors (Lipinski definition) is 1. The van der Waals surface area contributed by atoms with E-state index in [2.05, 4.69) is 5.32 Å². The van der Waals surface area contributed by atoms with Gasteiger partial charge in [0.1, 0.15) is 5.82 Å². The molecular formula is C17H18ClFN2. The number of rotatable bonds is 5. The van der Waals surface area contributed by atoms with Gasteiger partial charge in [0.2, 0.25) is 0 Å². The third-order valence-electron chi connectivity index (χ3n) is 3.78. The molecule has 0 unspecified atom stereocenters. The molecule has 1 aliphatic rings. The zero-order chi connectivity index (χ0) is 14.8. The van der Waals surface area contributed by atoms with Gasteiger partial charge in [0.05, 0.1) is 5.69 Å².